The van der Waals surface area contributed by atoms with Crippen LogP contribution in [0.1, 0.15) is 44.8 Å². The van der Waals surface area contributed by atoms with Gasteiger partial charge in [-0.1, -0.05) is 13.0 Å². The van der Waals surface area contributed by atoms with Crippen molar-refractivity contribution in [3.05, 3.63) is 67.8 Å². The van der Waals surface area contributed by atoms with Crippen molar-refractivity contribution in [2.45, 2.75) is 33.6 Å². The number of rotatable bonds is 5. The fraction of sp³-hybridized carbons (Fsp3) is 0.286. The summed E-state index contributed by atoms with van der Waals surface area (Å²) in [4.78, 5) is 29.9. The second-order valence-electron chi connectivity index (χ2n) is 7.06. The lowest BCUT2D eigenvalue weighted by Crippen LogP contribution is -2.22. The number of thiophene rings is 1. The molecule has 4 aromatic rings. The highest BCUT2D eigenvalue weighted by molar-refractivity contribution is 7.19. The molecule has 154 valence electrons. The predicted molar refractivity (Wildman–Crippen MR) is 115 cm³/mol. The number of aryl methyl sites for hydroxylation is 3. The first-order valence-corrected chi connectivity index (χ1v) is 10.4. The molecule has 0 aliphatic carbocycles. The molecule has 0 radical (unpaired) electrons. The Labute approximate surface area is 176 Å². The quantitative estimate of drug-likeness (QED) is 0.529. The molecule has 0 unspecified atom stereocenters. The van der Waals surface area contributed by atoms with Gasteiger partial charge < -0.3 is 5.11 Å². The Kier molecular flexibility index (Phi) is 4.98. The Bertz CT molecular complexity index is 1330. The number of fused-ring (bicyclic) bond motifs is 1. The minimum absolute atomic E-state index is 0.0667. The van der Waals surface area contributed by atoms with Crippen molar-refractivity contribution in [2.24, 2.45) is 7.05 Å². The maximum absolute atomic E-state index is 12.7. The molecular weight excluding hydrogens is 402 g/mol. The van der Waals surface area contributed by atoms with Gasteiger partial charge in [-0.15, -0.1) is 11.3 Å². The highest BCUT2D eigenvalue weighted by Gasteiger charge is 2.26. The molecule has 0 spiro atoms. The third-order valence-electron chi connectivity index (χ3n) is 5.22. The van der Waals surface area contributed by atoms with Gasteiger partial charge in [0.15, 0.2) is 5.82 Å². The summed E-state index contributed by atoms with van der Waals surface area (Å²) in [7, 11) is 1.55. The van der Waals surface area contributed by atoms with E-state index in [-0.39, 0.29) is 16.5 Å². The van der Waals surface area contributed by atoms with Gasteiger partial charge in [-0.25, -0.2) is 19.1 Å². The Balaban J connectivity index is 1.91. The van der Waals surface area contributed by atoms with Crippen LogP contribution in [-0.2, 0) is 19.9 Å². The molecule has 8 nitrogen and oxygen atoms in total. The summed E-state index contributed by atoms with van der Waals surface area (Å²) in [6.45, 7) is 5.78. The van der Waals surface area contributed by atoms with E-state index in [2.05, 4.69) is 15.2 Å². The van der Waals surface area contributed by atoms with Crippen LogP contribution in [0.25, 0.3) is 15.9 Å². The van der Waals surface area contributed by atoms with Crippen LogP contribution in [0.2, 0.25) is 0 Å². The van der Waals surface area contributed by atoms with E-state index in [0.29, 0.717) is 28.2 Å². The Morgan fingerprint density at radius 1 is 1.23 bits per heavy atom. The first-order valence-electron chi connectivity index (χ1n) is 9.54. The Hall–Kier alpha value is -3.33. The third kappa shape index (κ3) is 3.11. The molecule has 0 fully saturated rings. The smallest absolute Gasteiger partial charge is 0.337 e. The topological polar surface area (TPSA) is 103 Å². The second kappa shape index (κ2) is 7.49. The van der Waals surface area contributed by atoms with Crippen LogP contribution < -0.4 is 5.56 Å². The van der Waals surface area contributed by atoms with E-state index in [0.717, 1.165) is 22.6 Å². The van der Waals surface area contributed by atoms with Crippen LogP contribution in [0.5, 0.6) is 0 Å². The largest absolute Gasteiger partial charge is 0.478 e. The van der Waals surface area contributed by atoms with E-state index in [4.69, 9.17) is 0 Å². The molecule has 4 heterocycles. The molecule has 0 aliphatic rings. The molecule has 4 aromatic heterocycles. The van der Waals surface area contributed by atoms with Crippen LogP contribution >= 0.6 is 11.3 Å². The highest BCUT2D eigenvalue weighted by atomic mass is 32.1. The van der Waals surface area contributed by atoms with E-state index in [1.165, 1.54) is 16.0 Å². The first-order chi connectivity index (χ1) is 14.3. The molecule has 0 saturated carbocycles. The number of carbonyl (C=O) groups is 1. The summed E-state index contributed by atoms with van der Waals surface area (Å²) in [5, 5.41) is 19.1. The molecule has 0 bridgehead atoms. The maximum Gasteiger partial charge on any atom is 0.337 e. The number of carboxylic acid groups (broad SMARTS) is 1. The fourth-order valence-corrected chi connectivity index (χ4v) is 5.04. The van der Waals surface area contributed by atoms with Gasteiger partial charge in [0.25, 0.3) is 5.56 Å². The van der Waals surface area contributed by atoms with Gasteiger partial charge in [0, 0.05) is 35.8 Å². The molecule has 0 aromatic carbocycles. The summed E-state index contributed by atoms with van der Waals surface area (Å²) in [6.07, 6.45) is 2.69. The van der Waals surface area contributed by atoms with Gasteiger partial charge in [-0.05, 0) is 32.4 Å². The van der Waals surface area contributed by atoms with Crippen LogP contribution in [0, 0.1) is 13.8 Å². The Morgan fingerprint density at radius 3 is 2.63 bits per heavy atom. The number of nitrogens with zero attached hydrogens (tertiary/aromatic N) is 5. The average Bonchev–Trinajstić information content (AvgIpc) is 3.25. The first kappa shape index (κ1) is 20.0. The zero-order valence-corrected chi connectivity index (χ0v) is 17.9. The van der Waals surface area contributed by atoms with Crippen molar-refractivity contribution in [3.63, 3.8) is 0 Å². The molecular formula is C21H21N5O3S. The van der Waals surface area contributed by atoms with Crippen molar-refractivity contribution < 1.29 is 9.90 Å². The van der Waals surface area contributed by atoms with Gasteiger partial charge >= 0.3 is 5.97 Å². The van der Waals surface area contributed by atoms with Crippen LogP contribution in [0.4, 0.5) is 0 Å². The fourth-order valence-electron chi connectivity index (χ4n) is 3.69. The number of hydrogen-bond donors (Lipinski definition) is 1. The summed E-state index contributed by atoms with van der Waals surface area (Å²) in [5.74, 6) is -0.403. The monoisotopic (exact) mass is 423 g/mol. The van der Waals surface area contributed by atoms with E-state index in [1.807, 2.05) is 39.0 Å². The van der Waals surface area contributed by atoms with Crippen molar-refractivity contribution in [1.29, 1.82) is 0 Å². The molecule has 0 saturated heterocycles. The van der Waals surface area contributed by atoms with Gasteiger partial charge in [-0.3, -0.25) is 4.79 Å². The van der Waals surface area contributed by atoms with E-state index < -0.39 is 5.97 Å². The lowest BCUT2D eigenvalue weighted by Gasteiger charge is -2.05. The number of hydrogen-bond acceptors (Lipinski definition) is 6. The van der Waals surface area contributed by atoms with Crippen molar-refractivity contribution in [3.8, 4) is 5.82 Å². The summed E-state index contributed by atoms with van der Waals surface area (Å²) >= 11 is 1.33. The molecule has 30 heavy (non-hydrogen) atoms. The van der Waals surface area contributed by atoms with Crippen molar-refractivity contribution in [2.75, 3.05) is 0 Å². The number of aromatic carboxylic acids is 1. The predicted octanol–water partition coefficient (Wildman–Crippen LogP) is 3.04. The average molecular weight is 423 g/mol. The highest BCUT2D eigenvalue weighted by Crippen LogP contribution is 2.34. The number of pyridine rings is 1. The minimum atomic E-state index is -1.10. The summed E-state index contributed by atoms with van der Waals surface area (Å²) in [6, 6.07) is 5.60. The van der Waals surface area contributed by atoms with E-state index >= 15 is 0 Å². The van der Waals surface area contributed by atoms with Crippen molar-refractivity contribution >= 4 is 27.4 Å². The SMILES string of the molecule is CCc1nn(C)c(=O)c2c(C(=O)O)c(Cc3c(C)nn(-c4ccccn4)c3C)sc12. The molecule has 0 aliphatic heterocycles. The van der Waals surface area contributed by atoms with Gasteiger partial charge in [0.1, 0.15) is 0 Å². The van der Waals surface area contributed by atoms with Gasteiger partial charge in [0.2, 0.25) is 0 Å². The molecule has 0 amide bonds. The maximum atomic E-state index is 12.7. The molecule has 9 heteroatoms. The zero-order chi connectivity index (χ0) is 21.6. The normalized spacial score (nSPS) is 11.3. The number of aromatic nitrogens is 5. The molecule has 0 atom stereocenters. The molecule has 1 N–H and O–H groups in total. The molecule has 4 rings (SSSR count). The van der Waals surface area contributed by atoms with Crippen molar-refractivity contribution in [1.82, 2.24) is 24.5 Å². The van der Waals surface area contributed by atoms with E-state index in [1.54, 1.807) is 17.9 Å². The van der Waals surface area contributed by atoms with Gasteiger partial charge in [0.05, 0.1) is 27.0 Å². The van der Waals surface area contributed by atoms with Gasteiger partial charge in [-0.2, -0.15) is 10.2 Å². The lowest BCUT2D eigenvalue weighted by atomic mass is 10.0. The second-order valence-corrected chi connectivity index (χ2v) is 8.17. The van der Waals surface area contributed by atoms with Crippen LogP contribution in [-0.4, -0.2) is 35.6 Å². The lowest BCUT2D eigenvalue weighted by molar-refractivity contribution is 0.0698. The van der Waals surface area contributed by atoms with Crippen LogP contribution in [0.3, 0.4) is 0 Å². The standard InChI is InChI=1S/C21H21N5O3S/c1-5-14-19-18(20(27)25(4)24-14)17(21(28)29)15(30-19)10-13-11(2)23-26(12(13)3)16-8-6-7-9-22-16/h6-9H,5,10H2,1-4H3,(H,28,29). The zero-order valence-electron chi connectivity index (χ0n) is 17.1. The third-order valence-corrected chi connectivity index (χ3v) is 6.45. The van der Waals surface area contributed by atoms with E-state index in [9.17, 15) is 14.7 Å². The summed E-state index contributed by atoms with van der Waals surface area (Å²) < 4.78 is 3.64. The Morgan fingerprint density at radius 2 is 2.00 bits per heavy atom. The number of carboxylic acids is 1. The van der Waals surface area contributed by atoms with Crippen LogP contribution in [0.15, 0.2) is 29.2 Å². The minimum Gasteiger partial charge on any atom is -0.478 e. The summed E-state index contributed by atoms with van der Waals surface area (Å²) in [5.41, 5.74) is 3.02.